The zero-order valence-corrected chi connectivity index (χ0v) is 26.9. The van der Waals surface area contributed by atoms with Crippen molar-refractivity contribution in [3.05, 3.63) is 108 Å². The van der Waals surface area contributed by atoms with Crippen molar-refractivity contribution in [3.8, 4) is 11.5 Å². The summed E-state index contributed by atoms with van der Waals surface area (Å²) in [5.41, 5.74) is 1.99. The lowest BCUT2D eigenvalue weighted by atomic mass is 10.0. The number of carbonyl (C=O) groups excluding carboxylic acids is 3. The van der Waals surface area contributed by atoms with E-state index in [1.807, 2.05) is 42.5 Å². The van der Waals surface area contributed by atoms with E-state index in [2.05, 4.69) is 20.5 Å². The first-order valence-electron chi connectivity index (χ1n) is 14.9. The number of aliphatic carboxylic acids is 1. The van der Waals surface area contributed by atoms with Crippen molar-refractivity contribution >= 4 is 42.3 Å². The number of carboxylic acids is 1. The Labute approximate surface area is 276 Å². The minimum atomic E-state index is -4.79. The summed E-state index contributed by atoms with van der Waals surface area (Å²) < 4.78 is 20.9. The van der Waals surface area contributed by atoms with Crippen LogP contribution in [0, 0.1) is 0 Å². The molecular formula is C34H36N3O10P. The number of amides is 3. The second-order valence-corrected chi connectivity index (χ2v) is 12.1. The molecule has 252 valence electrons. The van der Waals surface area contributed by atoms with Gasteiger partial charge in [-0.25, -0.2) is 4.57 Å². The average Bonchev–Trinajstić information content (AvgIpc) is 3.05. The van der Waals surface area contributed by atoms with Gasteiger partial charge in [0, 0.05) is 19.4 Å². The first-order chi connectivity index (χ1) is 22.9. The number of carbonyl (C=O) groups is 4. The highest BCUT2D eigenvalue weighted by Gasteiger charge is 2.28. The standard InChI is InChI=1S/C34H36N3O10P/c1-46-26-13-11-23(12-14-26)21-35-33(41)29(17-18-32(39)40)37-34(42)30(19-22-9-15-27(16-10-22)47-48(43,44)45)36-31(38)20-25-7-4-6-24-5-2-3-8-28(24)25/h2-16,29-30H,17-21H2,1H3,(H,35,41)(H,36,38)(H,37,42)(H,39,40)(H2,43,44,45)/t29-,30-/m0/s1. The Morgan fingerprint density at radius 3 is 2.08 bits per heavy atom. The fourth-order valence-corrected chi connectivity index (χ4v) is 5.39. The third-order valence-electron chi connectivity index (χ3n) is 7.38. The van der Waals surface area contributed by atoms with Gasteiger partial charge in [0.1, 0.15) is 23.6 Å². The van der Waals surface area contributed by atoms with Crippen LogP contribution in [0.25, 0.3) is 10.8 Å². The van der Waals surface area contributed by atoms with Gasteiger partial charge < -0.3 is 30.3 Å². The van der Waals surface area contributed by atoms with Gasteiger partial charge in [-0.3, -0.25) is 29.0 Å². The smallest absolute Gasteiger partial charge is 0.497 e. The number of methoxy groups -OCH3 is 1. The molecule has 0 spiro atoms. The molecule has 2 atom stereocenters. The molecule has 0 saturated carbocycles. The van der Waals surface area contributed by atoms with Crippen molar-refractivity contribution in [2.75, 3.05) is 7.11 Å². The van der Waals surface area contributed by atoms with Gasteiger partial charge in [0.2, 0.25) is 17.7 Å². The van der Waals surface area contributed by atoms with Gasteiger partial charge >= 0.3 is 13.8 Å². The molecule has 0 aliphatic heterocycles. The van der Waals surface area contributed by atoms with E-state index >= 15 is 0 Å². The minimum Gasteiger partial charge on any atom is -0.497 e. The van der Waals surface area contributed by atoms with Crippen molar-refractivity contribution in [1.82, 2.24) is 16.0 Å². The molecule has 14 heteroatoms. The normalized spacial score (nSPS) is 12.4. The van der Waals surface area contributed by atoms with Gasteiger partial charge in [-0.2, -0.15) is 0 Å². The molecule has 0 aromatic heterocycles. The second kappa shape index (κ2) is 16.6. The molecular weight excluding hydrogens is 641 g/mol. The zero-order valence-electron chi connectivity index (χ0n) is 26.0. The maximum absolute atomic E-state index is 13.7. The van der Waals surface area contributed by atoms with Gasteiger partial charge in [-0.1, -0.05) is 66.7 Å². The predicted molar refractivity (Wildman–Crippen MR) is 176 cm³/mol. The maximum Gasteiger partial charge on any atom is 0.524 e. The van der Waals surface area contributed by atoms with E-state index < -0.39 is 50.0 Å². The molecule has 4 rings (SSSR count). The number of benzene rings is 4. The summed E-state index contributed by atoms with van der Waals surface area (Å²) in [5.74, 6) is -2.44. The molecule has 0 saturated heterocycles. The monoisotopic (exact) mass is 677 g/mol. The fraction of sp³-hybridized carbons (Fsp3) is 0.235. The number of hydrogen-bond donors (Lipinski definition) is 6. The molecule has 0 bridgehead atoms. The molecule has 4 aromatic rings. The van der Waals surface area contributed by atoms with Crippen LogP contribution in [0.2, 0.25) is 0 Å². The van der Waals surface area contributed by atoms with Crippen molar-refractivity contribution in [2.45, 2.75) is 44.3 Å². The summed E-state index contributed by atoms with van der Waals surface area (Å²) in [6, 6.07) is 23.2. The van der Waals surface area contributed by atoms with Gasteiger partial charge in [0.15, 0.2) is 0 Å². The highest BCUT2D eigenvalue weighted by atomic mass is 31.2. The number of ether oxygens (including phenoxy) is 1. The summed E-state index contributed by atoms with van der Waals surface area (Å²) >= 11 is 0. The largest absolute Gasteiger partial charge is 0.524 e. The van der Waals surface area contributed by atoms with Crippen LogP contribution in [0.3, 0.4) is 0 Å². The Morgan fingerprint density at radius 1 is 0.771 bits per heavy atom. The van der Waals surface area contributed by atoms with Gasteiger partial charge in [-0.05, 0) is 58.1 Å². The van der Waals surface area contributed by atoms with E-state index in [0.29, 0.717) is 11.3 Å². The number of nitrogens with one attached hydrogen (secondary N) is 3. The number of hydrogen-bond acceptors (Lipinski definition) is 7. The lowest BCUT2D eigenvalue weighted by Gasteiger charge is -2.23. The van der Waals surface area contributed by atoms with Crippen LogP contribution >= 0.6 is 7.82 Å². The Bertz CT molecular complexity index is 1790. The van der Waals surface area contributed by atoms with Crippen LogP contribution in [-0.4, -0.2) is 57.8 Å². The van der Waals surface area contributed by atoms with Crippen LogP contribution in [-0.2, 0) is 43.1 Å². The topological polar surface area (TPSA) is 201 Å². The number of phosphoric acid groups is 1. The van der Waals surface area contributed by atoms with Crippen LogP contribution in [0.4, 0.5) is 0 Å². The van der Waals surface area contributed by atoms with Crippen molar-refractivity contribution in [2.24, 2.45) is 0 Å². The highest BCUT2D eigenvalue weighted by molar-refractivity contribution is 7.46. The van der Waals surface area contributed by atoms with E-state index in [-0.39, 0.29) is 31.6 Å². The third kappa shape index (κ3) is 10.9. The summed E-state index contributed by atoms with van der Waals surface area (Å²) in [6.07, 6.45) is -0.728. The molecule has 4 aromatic carbocycles. The van der Waals surface area contributed by atoms with Crippen molar-refractivity contribution in [1.29, 1.82) is 0 Å². The molecule has 0 aliphatic carbocycles. The van der Waals surface area contributed by atoms with E-state index in [1.165, 1.54) is 31.4 Å². The number of carboxylic acid groups (broad SMARTS) is 1. The highest BCUT2D eigenvalue weighted by Crippen LogP contribution is 2.37. The molecule has 6 N–H and O–H groups in total. The lowest BCUT2D eigenvalue weighted by Crippen LogP contribution is -2.54. The van der Waals surface area contributed by atoms with E-state index in [4.69, 9.17) is 14.5 Å². The predicted octanol–water partition coefficient (Wildman–Crippen LogP) is 3.26. The molecule has 0 radical (unpaired) electrons. The first kappa shape index (κ1) is 35.6. The molecule has 0 fully saturated rings. The Kier molecular flexibility index (Phi) is 12.3. The van der Waals surface area contributed by atoms with E-state index in [0.717, 1.165) is 21.9 Å². The number of rotatable bonds is 16. The molecule has 0 heterocycles. The molecule has 48 heavy (non-hydrogen) atoms. The minimum absolute atomic E-state index is 0.0506. The molecule has 0 aliphatic rings. The van der Waals surface area contributed by atoms with Gasteiger partial charge in [-0.15, -0.1) is 0 Å². The van der Waals surface area contributed by atoms with Crippen LogP contribution in [0.15, 0.2) is 91.0 Å². The zero-order chi connectivity index (χ0) is 34.7. The van der Waals surface area contributed by atoms with Crippen molar-refractivity contribution < 1.29 is 47.9 Å². The van der Waals surface area contributed by atoms with Crippen LogP contribution < -0.4 is 25.2 Å². The first-order valence-corrected chi connectivity index (χ1v) is 16.5. The summed E-state index contributed by atoms with van der Waals surface area (Å²) in [5, 5.41) is 19.2. The Hall–Kier alpha value is -5.23. The SMILES string of the molecule is COc1ccc(CNC(=O)[C@H](CCC(=O)O)NC(=O)[C@H](Cc2ccc(OP(=O)(O)O)cc2)NC(=O)Cc2cccc3ccccc23)cc1. The average molecular weight is 678 g/mol. The van der Waals surface area contributed by atoms with Gasteiger partial charge in [0.25, 0.3) is 0 Å². The molecule has 13 nitrogen and oxygen atoms in total. The fourth-order valence-electron chi connectivity index (χ4n) is 5.00. The van der Waals surface area contributed by atoms with E-state index in [9.17, 15) is 28.8 Å². The van der Waals surface area contributed by atoms with Crippen LogP contribution in [0.1, 0.15) is 29.5 Å². The van der Waals surface area contributed by atoms with Crippen LogP contribution in [0.5, 0.6) is 11.5 Å². The second-order valence-electron chi connectivity index (χ2n) is 10.9. The maximum atomic E-state index is 13.7. The van der Waals surface area contributed by atoms with Crippen molar-refractivity contribution in [3.63, 3.8) is 0 Å². The Balaban J connectivity index is 1.53. The third-order valence-corrected chi connectivity index (χ3v) is 7.82. The Morgan fingerprint density at radius 2 is 1.42 bits per heavy atom. The summed E-state index contributed by atoms with van der Waals surface area (Å²) in [4.78, 5) is 69.8. The number of fused-ring (bicyclic) bond motifs is 1. The molecule has 3 amide bonds. The van der Waals surface area contributed by atoms with E-state index in [1.54, 1.807) is 24.3 Å². The summed E-state index contributed by atoms with van der Waals surface area (Å²) in [6.45, 7) is 0.108. The summed E-state index contributed by atoms with van der Waals surface area (Å²) in [7, 11) is -3.26. The van der Waals surface area contributed by atoms with Gasteiger partial charge in [0.05, 0.1) is 13.5 Å². The number of phosphoric ester groups is 1. The quantitative estimate of drug-likeness (QED) is 0.0957. The lowest BCUT2D eigenvalue weighted by molar-refractivity contribution is -0.138. The molecule has 0 unspecified atom stereocenters.